The first-order chi connectivity index (χ1) is 17.5. The van der Waals surface area contributed by atoms with Crippen molar-refractivity contribution >= 4 is 34.3 Å². The van der Waals surface area contributed by atoms with Gasteiger partial charge in [-0.05, 0) is 54.7 Å². The van der Waals surface area contributed by atoms with Crippen LogP contribution in [0.4, 0.5) is 13.2 Å². The van der Waals surface area contributed by atoms with E-state index in [1.165, 1.54) is 62.9 Å². The molecule has 0 amide bonds. The van der Waals surface area contributed by atoms with Crippen molar-refractivity contribution in [1.29, 1.82) is 0 Å². The van der Waals surface area contributed by atoms with E-state index < -0.39 is 11.7 Å². The maximum atomic E-state index is 13.3. The molecule has 0 fully saturated rings. The summed E-state index contributed by atoms with van der Waals surface area (Å²) in [5.74, 6) is 0. The molecule has 0 aliphatic rings. The normalized spacial score (nSPS) is 12.5. The highest BCUT2D eigenvalue weighted by molar-refractivity contribution is 8.23. The van der Waals surface area contributed by atoms with Crippen LogP contribution in [0.3, 0.4) is 0 Å². The van der Waals surface area contributed by atoms with Crippen LogP contribution in [0.5, 0.6) is 0 Å². The smallest absolute Gasteiger partial charge is 0.374 e. The number of nitrogens with zero attached hydrogens (tertiary/aromatic N) is 1. The first-order valence-electron chi connectivity index (χ1n) is 12.5. The summed E-state index contributed by atoms with van der Waals surface area (Å²) in [5, 5.41) is 0. The molecule has 0 aliphatic heterocycles. The van der Waals surface area contributed by atoms with Gasteiger partial charge in [0.2, 0.25) is 0 Å². The molecule has 0 unspecified atom stereocenters. The molecule has 1 aromatic carbocycles. The van der Waals surface area contributed by atoms with Gasteiger partial charge < -0.3 is 4.90 Å². The number of thiocarbonyl (C=S) groups is 1. The largest absolute Gasteiger partial charge is 0.416 e. The second-order valence-electron chi connectivity index (χ2n) is 8.61. The molecule has 1 aromatic rings. The van der Waals surface area contributed by atoms with Crippen molar-refractivity contribution in [1.82, 2.24) is 4.90 Å². The van der Waals surface area contributed by atoms with E-state index in [0.29, 0.717) is 5.56 Å². The third kappa shape index (κ3) is 13.2. The molecule has 1 rings (SSSR count). The van der Waals surface area contributed by atoms with Crippen molar-refractivity contribution < 1.29 is 13.2 Å². The van der Waals surface area contributed by atoms with E-state index in [0.717, 1.165) is 34.7 Å². The summed E-state index contributed by atoms with van der Waals surface area (Å²) in [6.07, 6.45) is 10.3. The fourth-order valence-electron chi connectivity index (χ4n) is 3.51. The fourth-order valence-corrected chi connectivity index (χ4v) is 4.42. The van der Waals surface area contributed by atoms with E-state index in [1.807, 2.05) is 19.2 Å². The summed E-state index contributed by atoms with van der Waals surface area (Å²) < 4.78 is 41.5. The molecule has 0 N–H and O–H groups in total. The number of alkyl halides is 3. The van der Waals surface area contributed by atoms with E-state index in [1.54, 1.807) is 29.8 Å². The van der Waals surface area contributed by atoms with Crippen LogP contribution < -0.4 is 0 Å². The summed E-state index contributed by atoms with van der Waals surface area (Å²) in [6.45, 7) is 20.6. The van der Waals surface area contributed by atoms with Gasteiger partial charge in [-0.1, -0.05) is 107 Å². The van der Waals surface area contributed by atoms with Crippen LogP contribution in [0.1, 0.15) is 69.1 Å². The topological polar surface area (TPSA) is 3.24 Å². The lowest BCUT2D eigenvalue weighted by molar-refractivity contribution is -0.138. The lowest BCUT2D eigenvalue weighted by Gasteiger charge is -2.23. The van der Waals surface area contributed by atoms with Gasteiger partial charge in [0.05, 0.1) is 5.56 Å². The number of likely N-dealkylation sites (N-methyl/N-ethyl adjacent to an activating group) is 1. The third-order valence-corrected chi connectivity index (χ3v) is 6.82. The molecule has 0 heterocycles. The SMILES string of the molecule is C=C.C=CC(=C\C=C(/C)c1ccc(C)c(C(F)(F)F)c1)/C=C(/SC=S)C(=C)N(C)CCCCCCCC. The maximum Gasteiger partial charge on any atom is 0.416 e. The van der Waals surface area contributed by atoms with Crippen LogP contribution in [0.25, 0.3) is 5.57 Å². The Bertz CT molecular complexity index is 971. The molecule has 1 nitrogen and oxygen atoms in total. The van der Waals surface area contributed by atoms with Crippen molar-refractivity contribution in [3.05, 3.63) is 102 Å². The van der Waals surface area contributed by atoms with Crippen LogP contribution in [-0.2, 0) is 6.18 Å². The summed E-state index contributed by atoms with van der Waals surface area (Å²) >= 11 is 6.50. The minimum Gasteiger partial charge on any atom is -0.374 e. The predicted octanol–water partition coefficient (Wildman–Crippen LogP) is 10.7. The van der Waals surface area contributed by atoms with Gasteiger partial charge in [-0.25, -0.2) is 0 Å². The van der Waals surface area contributed by atoms with Gasteiger partial charge in [-0.3, -0.25) is 0 Å². The lowest BCUT2D eigenvalue weighted by atomic mass is 9.99. The molecule has 0 aliphatic carbocycles. The Morgan fingerprint density at radius 1 is 1.08 bits per heavy atom. The average molecular weight is 550 g/mol. The summed E-state index contributed by atoms with van der Waals surface area (Å²) in [7, 11) is 2.03. The number of halogens is 3. The van der Waals surface area contributed by atoms with Gasteiger partial charge in [0.15, 0.2) is 0 Å². The number of allylic oxidation sites excluding steroid dienone is 6. The van der Waals surface area contributed by atoms with Crippen LogP contribution >= 0.6 is 24.0 Å². The molecular weight excluding hydrogens is 507 g/mol. The minimum atomic E-state index is -4.38. The third-order valence-electron chi connectivity index (χ3n) is 5.82. The standard InChI is InChI=1S/C29H38F3NS2.C2H4/c1-7-9-10-11-12-13-18-33(6)24(5)28(35-21-34)19-25(8-2)16-14-22(3)26-17-15-23(4)27(20-26)29(30,31)32;1-2/h8,14-17,19-21H,2,5,7,9-13,18H2,1,3-4,6H3;1-2H2/b22-14+,25-16+,28-19+;. The zero-order chi connectivity index (χ0) is 28.4. The first kappa shape index (κ1) is 34.7. The molecule has 0 aromatic heterocycles. The van der Waals surface area contributed by atoms with Gasteiger partial charge in [0.25, 0.3) is 0 Å². The highest BCUT2D eigenvalue weighted by Gasteiger charge is 2.32. The zero-order valence-corrected chi connectivity index (χ0v) is 24.4. The maximum absolute atomic E-state index is 13.3. The van der Waals surface area contributed by atoms with E-state index in [-0.39, 0.29) is 5.56 Å². The number of benzene rings is 1. The number of unbranched alkanes of at least 4 members (excludes halogenated alkanes) is 5. The van der Waals surface area contributed by atoms with Crippen molar-refractivity contribution in [3.8, 4) is 0 Å². The number of hydrogen-bond donors (Lipinski definition) is 0. The highest BCUT2D eigenvalue weighted by atomic mass is 32.2. The molecule has 6 heteroatoms. The Balaban J connectivity index is 0.00000631. The van der Waals surface area contributed by atoms with Gasteiger partial charge in [-0.15, -0.1) is 13.2 Å². The van der Waals surface area contributed by atoms with E-state index in [2.05, 4.69) is 38.1 Å². The molecular formula is C31H42F3NS2. The number of hydrogen-bond acceptors (Lipinski definition) is 3. The molecule has 204 valence electrons. The van der Waals surface area contributed by atoms with Crippen LogP contribution in [0, 0.1) is 6.92 Å². The molecule has 37 heavy (non-hydrogen) atoms. The number of rotatable bonds is 15. The van der Waals surface area contributed by atoms with E-state index in [9.17, 15) is 13.2 Å². The Morgan fingerprint density at radius 2 is 1.70 bits per heavy atom. The Hall–Kier alpha value is -2.31. The second kappa shape index (κ2) is 18.9. The molecule has 0 atom stereocenters. The second-order valence-corrected chi connectivity index (χ2v) is 10.1. The summed E-state index contributed by atoms with van der Waals surface area (Å²) in [6, 6.07) is 4.41. The lowest BCUT2D eigenvalue weighted by Crippen LogP contribution is -2.19. The van der Waals surface area contributed by atoms with Crippen LogP contribution in [0.2, 0.25) is 0 Å². The Kier molecular flexibility index (Phi) is 17.7. The van der Waals surface area contributed by atoms with Crippen molar-refractivity contribution in [3.63, 3.8) is 0 Å². The van der Waals surface area contributed by atoms with Crippen molar-refractivity contribution in [2.75, 3.05) is 13.6 Å². The van der Waals surface area contributed by atoms with Gasteiger partial charge in [0.1, 0.15) is 0 Å². The van der Waals surface area contributed by atoms with Crippen molar-refractivity contribution in [2.45, 2.75) is 65.5 Å². The fraction of sp³-hybridized carbons (Fsp3) is 0.387. The minimum absolute atomic E-state index is 0.213. The molecule has 0 saturated heterocycles. The van der Waals surface area contributed by atoms with Gasteiger partial charge in [0, 0.05) is 28.9 Å². The zero-order valence-electron chi connectivity index (χ0n) is 22.8. The van der Waals surface area contributed by atoms with Gasteiger partial charge in [-0.2, -0.15) is 13.2 Å². The van der Waals surface area contributed by atoms with Gasteiger partial charge >= 0.3 is 6.18 Å². The van der Waals surface area contributed by atoms with E-state index >= 15 is 0 Å². The molecule has 0 saturated carbocycles. The molecule has 0 bridgehead atoms. The van der Waals surface area contributed by atoms with E-state index in [4.69, 9.17) is 12.2 Å². The van der Waals surface area contributed by atoms with Crippen LogP contribution in [0.15, 0.2) is 85.0 Å². The van der Waals surface area contributed by atoms with Crippen LogP contribution in [-0.4, -0.2) is 23.2 Å². The predicted molar refractivity (Wildman–Crippen MR) is 164 cm³/mol. The summed E-state index contributed by atoms with van der Waals surface area (Å²) in [5.41, 5.74) is 2.56. The molecule has 0 spiro atoms. The Labute approximate surface area is 232 Å². The average Bonchev–Trinajstić information content (AvgIpc) is 2.87. The quantitative estimate of drug-likeness (QED) is 0.0927. The monoisotopic (exact) mass is 549 g/mol. The number of aryl methyl sites for hydroxylation is 1. The van der Waals surface area contributed by atoms with Crippen molar-refractivity contribution in [2.24, 2.45) is 0 Å². The first-order valence-corrected chi connectivity index (χ1v) is 13.8. The summed E-state index contributed by atoms with van der Waals surface area (Å²) in [4.78, 5) is 3.06. The number of thioether (sulfide) groups is 1. The Morgan fingerprint density at radius 3 is 2.27 bits per heavy atom. The highest BCUT2D eigenvalue weighted by Crippen LogP contribution is 2.33. The molecule has 0 radical (unpaired) electrons.